The topological polar surface area (TPSA) is 104 Å². The minimum Gasteiger partial charge on any atom is -0.481 e. The molecule has 1 amide bonds. The second-order valence-electron chi connectivity index (χ2n) is 4.75. The summed E-state index contributed by atoms with van der Waals surface area (Å²) in [6.45, 7) is 0. The summed E-state index contributed by atoms with van der Waals surface area (Å²) < 4.78 is 0. The maximum absolute atomic E-state index is 11.6. The van der Waals surface area contributed by atoms with Gasteiger partial charge in [0.2, 0.25) is 5.91 Å². The molecule has 0 radical (unpaired) electrons. The summed E-state index contributed by atoms with van der Waals surface area (Å²) in [7, 11) is 0. The third-order valence-electron chi connectivity index (χ3n) is 3.22. The van der Waals surface area contributed by atoms with Crippen LogP contribution in [0.3, 0.4) is 0 Å². The molecule has 0 aromatic heterocycles. The van der Waals surface area contributed by atoms with Crippen molar-refractivity contribution >= 4 is 17.8 Å². The van der Waals surface area contributed by atoms with Crippen molar-refractivity contribution in [3.05, 3.63) is 0 Å². The second-order valence-corrected chi connectivity index (χ2v) is 4.75. The number of aliphatic carboxylic acids is 2. The molecule has 0 spiro atoms. The Morgan fingerprint density at radius 2 is 1.89 bits per heavy atom. The van der Waals surface area contributed by atoms with Crippen molar-refractivity contribution in [2.24, 2.45) is 5.92 Å². The SMILES string of the molecule is O=C(O)CCC[C@@H](NC(=O)CC1CCC1)C(=O)O. The fraction of sp³-hybridized carbons (Fsp3) is 0.750. The van der Waals surface area contributed by atoms with E-state index in [1.54, 1.807) is 0 Å². The van der Waals surface area contributed by atoms with Crippen LogP contribution in [0.4, 0.5) is 0 Å². The molecule has 1 saturated carbocycles. The van der Waals surface area contributed by atoms with Gasteiger partial charge in [-0.05, 0) is 31.6 Å². The van der Waals surface area contributed by atoms with Crippen LogP contribution in [0.15, 0.2) is 0 Å². The van der Waals surface area contributed by atoms with Crippen molar-refractivity contribution < 1.29 is 24.6 Å². The van der Waals surface area contributed by atoms with E-state index in [2.05, 4.69) is 5.32 Å². The monoisotopic (exact) mass is 257 g/mol. The van der Waals surface area contributed by atoms with Gasteiger partial charge in [-0.15, -0.1) is 0 Å². The van der Waals surface area contributed by atoms with Crippen LogP contribution in [-0.4, -0.2) is 34.1 Å². The molecule has 0 unspecified atom stereocenters. The molecule has 6 heteroatoms. The van der Waals surface area contributed by atoms with Gasteiger partial charge in [-0.2, -0.15) is 0 Å². The Kier molecular flexibility index (Phi) is 5.61. The maximum atomic E-state index is 11.6. The minimum absolute atomic E-state index is 0.0811. The van der Waals surface area contributed by atoms with Crippen molar-refractivity contribution in [1.29, 1.82) is 0 Å². The van der Waals surface area contributed by atoms with E-state index >= 15 is 0 Å². The molecule has 0 saturated heterocycles. The largest absolute Gasteiger partial charge is 0.481 e. The number of carboxylic acids is 2. The quantitative estimate of drug-likeness (QED) is 0.602. The third kappa shape index (κ3) is 5.16. The Bertz CT molecular complexity index is 324. The summed E-state index contributed by atoms with van der Waals surface area (Å²) in [6, 6.07) is -0.975. The van der Waals surface area contributed by atoms with Gasteiger partial charge in [0, 0.05) is 12.8 Å². The molecule has 18 heavy (non-hydrogen) atoms. The first kappa shape index (κ1) is 14.5. The predicted molar refractivity (Wildman–Crippen MR) is 63.0 cm³/mol. The van der Waals surface area contributed by atoms with E-state index in [0.29, 0.717) is 12.3 Å². The Labute approximate surface area is 105 Å². The number of hydrogen-bond donors (Lipinski definition) is 3. The van der Waals surface area contributed by atoms with Gasteiger partial charge in [0.05, 0.1) is 0 Å². The van der Waals surface area contributed by atoms with Crippen LogP contribution in [-0.2, 0) is 14.4 Å². The van der Waals surface area contributed by atoms with E-state index in [4.69, 9.17) is 10.2 Å². The smallest absolute Gasteiger partial charge is 0.326 e. The average molecular weight is 257 g/mol. The Hall–Kier alpha value is -1.59. The second kappa shape index (κ2) is 6.98. The van der Waals surface area contributed by atoms with Crippen LogP contribution >= 0.6 is 0 Å². The first-order valence-electron chi connectivity index (χ1n) is 6.23. The number of carbonyl (C=O) groups is 3. The molecule has 0 bridgehead atoms. The fourth-order valence-corrected chi connectivity index (χ4v) is 1.93. The molecule has 102 valence electrons. The summed E-state index contributed by atoms with van der Waals surface area (Å²) in [4.78, 5) is 32.8. The lowest BCUT2D eigenvalue weighted by molar-refractivity contribution is -0.143. The molecule has 6 nitrogen and oxygen atoms in total. The highest BCUT2D eigenvalue weighted by Gasteiger charge is 2.24. The number of carboxylic acid groups (broad SMARTS) is 2. The van der Waals surface area contributed by atoms with E-state index in [1.165, 1.54) is 0 Å². The van der Waals surface area contributed by atoms with E-state index < -0.39 is 18.0 Å². The van der Waals surface area contributed by atoms with E-state index in [-0.39, 0.29) is 25.2 Å². The lowest BCUT2D eigenvalue weighted by Crippen LogP contribution is -2.41. The highest BCUT2D eigenvalue weighted by molar-refractivity contribution is 5.83. The van der Waals surface area contributed by atoms with Crippen LogP contribution < -0.4 is 5.32 Å². The van der Waals surface area contributed by atoms with Crippen molar-refractivity contribution in [3.8, 4) is 0 Å². The van der Waals surface area contributed by atoms with Crippen molar-refractivity contribution in [3.63, 3.8) is 0 Å². The zero-order valence-corrected chi connectivity index (χ0v) is 10.2. The molecule has 1 aliphatic rings. The van der Waals surface area contributed by atoms with Gasteiger partial charge >= 0.3 is 11.9 Å². The van der Waals surface area contributed by atoms with Gasteiger partial charge in [-0.1, -0.05) is 6.42 Å². The van der Waals surface area contributed by atoms with Crippen LogP contribution in [0.25, 0.3) is 0 Å². The molecule has 0 heterocycles. The van der Waals surface area contributed by atoms with E-state index in [0.717, 1.165) is 19.3 Å². The molecule has 1 rings (SSSR count). The molecule has 0 aliphatic heterocycles. The molecular formula is C12H19NO5. The molecule has 0 aromatic rings. The molecule has 3 N–H and O–H groups in total. The lowest BCUT2D eigenvalue weighted by Gasteiger charge is -2.25. The number of hydrogen-bond acceptors (Lipinski definition) is 3. The standard InChI is InChI=1S/C12H19NO5/c14-10(7-8-3-1-4-8)13-9(12(17)18)5-2-6-11(15)16/h8-9H,1-7H2,(H,13,14)(H,15,16)(H,17,18)/t9-/m1/s1. The maximum Gasteiger partial charge on any atom is 0.326 e. The van der Waals surface area contributed by atoms with Crippen molar-refractivity contribution in [2.45, 2.75) is 51.0 Å². The van der Waals surface area contributed by atoms with Gasteiger partial charge in [0.25, 0.3) is 0 Å². The Balaban J connectivity index is 2.29. The highest BCUT2D eigenvalue weighted by Crippen LogP contribution is 2.29. The van der Waals surface area contributed by atoms with Crippen LogP contribution in [0.5, 0.6) is 0 Å². The summed E-state index contributed by atoms with van der Waals surface area (Å²) in [6.07, 6.45) is 3.90. The highest BCUT2D eigenvalue weighted by atomic mass is 16.4. The minimum atomic E-state index is -1.11. The van der Waals surface area contributed by atoms with Gasteiger partial charge in [0.15, 0.2) is 0 Å². The summed E-state index contributed by atoms with van der Waals surface area (Å²) in [5.41, 5.74) is 0. The van der Waals surface area contributed by atoms with Crippen LogP contribution in [0.1, 0.15) is 44.9 Å². The molecular weight excluding hydrogens is 238 g/mol. The molecule has 0 aromatic carbocycles. The molecule has 1 aliphatic carbocycles. The zero-order chi connectivity index (χ0) is 13.5. The van der Waals surface area contributed by atoms with Gasteiger partial charge in [0.1, 0.15) is 6.04 Å². The predicted octanol–water partition coefficient (Wildman–Crippen LogP) is 1.00. The molecule has 1 atom stereocenters. The first-order valence-corrected chi connectivity index (χ1v) is 6.23. The van der Waals surface area contributed by atoms with E-state index in [9.17, 15) is 14.4 Å². The van der Waals surface area contributed by atoms with Crippen molar-refractivity contribution in [2.75, 3.05) is 0 Å². The third-order valence-corrected chi connectivity index (χ3v) is 3.22. The van der Waals surface area contributed by atoms with Crippen LogP contribution in [0.2, 0.25) is 0 Å². The van der Waals surface area contributed by atoms with Gasteiger partial charge in [-0.25, -0.2) is 4.79 Å². The summed E-state index contributed by atoms with van der Waals surface area (Å²) in [5.74, 6) is -1.93. The number of rotatable bonds is 8. The fourth-order valence-electron chi connectivity index (χ4n) is 1.93. The number of nitrogens with one attached hydrogen (secondary N) is 1. The first-order chi connectivity index (χ1) is 8.49. The van der Waals surface area contributed by atoms with Gasteiger partial charge < -0.3 is 15.5 Å². The lowest BCUT2D eigenvalue weighted by atomic mass is 9.83. The Morgan fingerprint density at radius 3 is 2.33 bits per heavy atom. The van der Waals surface area contributed by atoms with Gasteiger partial charge in [-0.3, -0.25) is 9.59 Å². The number of carbonyl (C=O) groups excluding carboxylic acids is 1. The average Bonchev–Trinajstić information content (AvgIpc) is 2.21. The number of amides is 1. The molecule has 1 fully saturated rings. The van der Waals surface area contributed by atoms with Crippen molar-refractivity contribution in [1.82, 2.24) is 5.32 Å². The zero-order valence-electron chi connectivity index (χ0n) is 10.2. The summed E-state index contributed by atoms with van der Waals surface area (Å²) >= 11 is 0. The normalized spacial score (nSPS) is 16.7. The van der Waals surface area contributed by atoms with Crippen LogP contribution in [0, 0.1) is 5.92 Å². The Morgan fingerprint density at radius 1 is 1.22 bits per heavy atom. The summed E-state index contributed by atoms with van der Waals surface area (Å²) in [5, 5.41) is 19.9. The van der Waals surface area contributed by atoms with E-state index in [1.807, 2.05) is 0 Å².